The van der Waals surface area contributed by atoms with Crippen LogP contribution in [0, 0.1) is 5.92 Å². The van der Waals surface area contributed by atoms with Crippen molar-refractivity contribution in [3.8, 4) is 0 Å². The molecule has 0 bridgehead atoms. The molecule has 1 aliphatic carbocycles. The quantitative estimate of drug-likeness (QED) is 0.582. The molecule has 1 aromatic carbocycles. The van der Waals surface area contributed by atoms with Gasteiger partial charge in [-0.3, -0.25) is 4.90 Å². The van der Waals surface area contributed by atoms with Crippen LogP contribution >= 0.6 is 0 Å². The molecule has 7 nitrogen and oxygen atoms in total. The topological polar surface area (TPSA) is 82.0 Å². The predicted octanol–water partition coefficient (Wildman–Crippen LogP) is 2.45. The number of nitrogens with one attached hydrogen (secondary N) is 2. The molecule has 0 atom stereocenters. The average Bonchev–Trinajstić information content (AvgIpc) is 3.12. The first-order valence-corrected chi connectivity index (χ1v) is 11.5. The van der Waals surface area contributed by atoms with Gasteiger partial charge in [-0.2, -0.15) is 0 Å². The van der Waals surface area contributed by atoms with E-state index in [4.69, 9.17) is 0 Å². The summed E-state index contributed by atoms with van der Waals surface area (Å²) in [5.41, 5.74) is 0.868. The van der Waals surface area contributed by atoms with Gasteiger partial charge in [0.1, 0.15) is 5.39 Å². The molecule has 0 amide bonds. The number of aromatic amines is 1. The van der Waals surface area contributed by atoms with Gasteiger partial charge in [0.2, 0.25) is 27.8 Å². The fraction of sp³-hybridized carbons (Fsp3) is 0.429. The zero-order chi connectivity index (χ0) is 20.6. The molecule has 3 aromatic rings. The Hall–Kier alpha value is -2.45. The number of sulfonamides is 1. The lowest BCUT2D eigenvalue weighted by Crippen LogP contribution is -2.55. The second kappa shape index (κ2) is 7.76. The highest BCUT2D eigenvalue weighted by atomic mass is 32.2. The van der Waals surface area contributed by atoms with Crippen molar-refractivity contribution in [1.82, 2.24) is 14.7 Å². The summed E-state index contributed by atoms with van der Waals surface area (Å²) in [4.78, 5) is 10.3. The number of hydrogen-bond donors (Lipinski definition) is 2. The Kier molecular flexibility index (Phi) is 5.31. The normalized spacial score (nSPS) is 19.4. The van der Waals surface area contributed by atoms with Crippen molar-refractivity contribution in [3.63, 3.8) is 0 Å². The molecule has 2 N–H and O–H groups in total. The van der Waals surface area contributed by atoms with Crippen LogP contribution in [-0.2, 0) is 16.6 Å². The Labute approximate surface area is 171 Å². The SMILES string of the molecule is CC(C)C[n+]1cnc2[nH]ccc2c1N(C)C1CC(NS(=O)(=O)c2ccccc2)C1. The lowest BCUT2D eigenvalue weighted by atomic mass is 9.86. The van der Waals surface area contributed by atoms with Gasteiger partial charge >= 0.3 is 0 Å². The van der Waals surface area contributed by atoms with Gasteiger partial charge in [-0.05, 0) is 37.0 Å². The molecule has 0 unspecified atom stereocenters. The number of benzene rings is 1. The first kappa shape index (κ1) is 19.8. The van der Waals surface area contributed by atoms with Gasteiger partial charge in [0.05, 0.1) is 24.5 Å². The van der Waals surface area contributed by atoms with Crippen molar-refractivity contribution in [3.05, 3.63) is 48.9 Å². The fourth-order valence-corrected chi connectivity index (χ4v) is 5.25. The van der Waals surface area contributed by atoms with Crippen LogP contribution in [0.3, 0.4) is 0 Å². The second-order valence-electron chi connectivity index (χ2n) is 8.22. The summed E-state index contributed by atoms with van der Waals surface area (Å²) in [6.45, 7) is 5.26. The van der Waals surface area contributed by atoms with Gasteiger partial charge in [-0.15, -0.1) is 0 Å². The van der Waals surface area contributed by atoms with Gasteiger partial charge in [-0.1, -0.05) is 37.0 Å². The molecule has 0 radical (unpaired) electrons. The van der Waals surface area contributed by atoms with Crippen LogP contribution in [0.2, 0.25) is 0 Å². The van der Waals surface area contributed by atoms with Crippen molar-refractivity contribution < 1.29 is 13.0 Å². The van der Waals surface area contributed by atoms with E-state index in [1.807, 2.05) is 18.6 Å². The van der Waals surface area contributed by atoms with E-state index >= 15 is 0 Å². The standard InChI is InChI=1S/C21H27N5O2S/c1-15(2)13-26-14-23-20-19(9-10-22-20)21(26)25(3)17-11-16(12-17)24-29(27,28)18-7-5-4-6-8-18/h4-10,14-17,24H,11-13H2,1-3H3/p+1. The van der Waals surface area contributed by atoms with E-state index in [1.165, 1.54) is 0 Å². The van der Waals surface area contributed by atoms with E-state index in [0.717, 1.165) is 36.2 Å². The third kappa shape index (κ3) is 4.00. The highest BCUT2D eigenvalue weighted by Gasteiger charge is 2.39. The highest BCUT2D eigenvalue weighted by molar-refractivity contribution is 7.89. The molecule has 0 aliphatic heterocycles. The summed E-state index contributed by atoms with van der Waals surface area (Å²) in [6.07, 6.45) is 5.35. The number of anilines is 1. The number of nitrogens with zero attached hydrogens (tertiary/aromatic N) is 3. The highest BCUT2D eigenvalue weighted by Crippen LogP contribution is 2.31. The first-order chi connectivity index (χ1) is 13.8. The van der Waals surface area contributed by atoms with Crippen LogP contribution in [0.4, 0.5) is 5.82 Å². The molecule has 8 heteroatoms. The monoisotopic (exact) mass is 414 g/mol. The van der Waals surface area contributed by atoms with E-state index in [-0.39, 0.29) is 12.1 Å². The minimum atomic E-state index is -3.47. The minimum absolute atomic E-state index is 0.0465. The fourth-order valence-electron chi connectivity index (χ4n) is 3.96. The Morgan fingerprint density at radius 3 is 2.66 bits per heavy atom. The lowest BCUT2D eigenvalue weighted by molar-refractivity contribution is -0.692. The van der Waals surface area contributed by atoms with Gasteiger partial charge in [-0.25, -0.2) is 17.7 Å². The maximum absolute atomic E-state index is 12.6. The number of fused-ring (bicyclic) bond motifs is 1. The summed E-state index contributed by atoms with van der Waals surface area (Å²) in [5.74, 6) is 1.62. The van der Waals surface area contributed by atoms with E-state index in [2.05, 4.69) is 51.1 Å². The second-order valence-corrected chi connectivity index (χ2v) is 9.94. The molecular formula is C21H28N5O2S+. The van der Waals surface area contributed by atoms with Gasteiger partial charge in [0.15, 0.2) is 0 Å². The Balaban J connectivity index is 1.50. The van der Waals surface area contributed by atoms with Gasteiger partial charge in [0, 0.05) is 12.2 Å². The molecule has 1 saturated carbocycles. The van der Waals surface area contributed by atoms with E-state index in [0.29, 0.717) is 10.8 Å². The number of aromatic nitrogens is 3. The maximum Gasteiger partial charge on any atom is 0.240 e. The number of hydrogen-bond acceptors (Lipinski definition) is 4. The van der Waals surface area contributed by atoms with Crippen LogP contribution in [0.1, 0.15) is 26.7 Å². The third-order valence-electron chi connectivity index (χ3n) is 5.50. The van der Waals surface area contributed by atoms with Crippen molar-refractivity contribution in [1.29, 1.82) is 0 Å². The van der Waals surface area contributed by atoms with Gasteiger partial charge < -0.3 is 4.98 Å². The first-order valence-electron chi connectivity index (χ1n) is 10.0. The summed E-state index contributed by atoms with van der Waals surface area (Å²) in [5, 5.41) is 1.09. The summed E-state index contributed by atoms with van der Waals surface area (Å²) >= 11 is 0. The van der Waals surface area contributed by atoms with Crippen LogP contribution < -0.4 is 14.2 Å². The molecule has 0 saturated heterocycles. The van der Waals surface area contributed by atoms with Crippen LogP contribution in [-0.4, -0.2) is 37.5 Å². The third-order valence-corrected chi connectivity index (χ3v) is 7.03. The zero-order valence-electron chi connectivity index (χ0n) is 17.0. The van der Waals surface area contributed by atoms with Crippen molar-refractivity contribution in [2.75, 3.05) is 11.9 Å². The molecule has 29 heavy (non-hydrogen) atoms. The summed E-state index contributed by atoms with van der Waals surface area (Å²) < 4.78 is 30.2. The summed E-state index contributed by atoms with van der Waals surface area (Å²) in [6, 6.07) is 10.8. The molecular weight excluding hydrogens is 386 g/mol. The Morgan fingerprint density at radius 1 is 1.24 bits per heavy atom. The molecule has 154 valence electrons. The molecule has 4 rings (SSSR count). The number of rotatable bonds is 7. The Bertz CT molecular complexity index is 1090. The van der Waals surface area contributed by atoms with Crippen LogP contribution in [0.15, 0.2) is 53.8 Å². The van der Waals surface area contributed by atoms with E-state index < -0.39 is 10.0 Å². The zero-order valence-corrected chi connectivity index (χ0v) is 17.9. The summed E-state index contributed by atoms with van der Waals surface area (Å²) in [7, 11) is -1.38. The minimum Gasteiger partial charge on any atom is -0.332 e. The van der Waals surface area contributed by atoms with Crippen molar-refractivity contribution in [2.24, 2.45) is 5.92 Å². The Morgan fingerprint density at radius 2 is 1.97 bits per heavy atom. The average molecular weight is 415 g/mol. The van der Waals surface area contributed by atoms with Crippen molar-refractivity contribution >= 4 is 26.9 Å². The molecule has 0 spiro atoms. The van der Waals surface area contributed by atoms with Gasteiger partial charge in [0.25, 0.3) is 0 Å². The molecule has 2 aromatic heterocycles. The molecule has 1 fully saturated rings. The lowest BCUT2D eigenvalue weighted by Gasteiger charge is -2.39. The van der Waals surface area contributed by atoms with Crippen molar-refractivity contribution in [2.45, 2.75) is 50.2 Å². The smallest absolute Gasteiger partial charge is 0.240 e. The number of H-pyrrole nitrogens is 1. The van der Waals surface area contributed by atoms with E-state index in [9.17, 15) is 8.42 Å². The maximum atomic E-state index is 12.6. The molecule has 1 aliphatic rings. The van der Waals surface area contributed by atoms with Crippen LogP contribution in [0.5, 0.6) is 0 Å². The van der Waals surface area contributed by atoms with Crippen LogP contribution in [0.25, 0.3) is 11.0 Å². The molecule has 2 heterocycles. The van der Waals surface area contributed by atoms with E-state index in [1.54, 1.807) is 24.3 Å². The largest absolute Gasteiger partial charge is 0.332 e. The predicted molar refractivity (Wildman–Crippen MR) is 113 cm³/mol.